The van der Waals surface area contributed by atoms with Crippen molar-refractivity contribution >= 4 is 0 Å². The Morgan fingerprint density at radius 1 is 1.28 bits per heavy atom. The summed E-state index contributed by atoms with van der Waals surface area (Å²) in [4.78, 5) is 4.20. The molecule has 18 heavy (non-hydrogen) atoms. The van der Waals surface area contributed by atoms with Crippen molar-refractivity contribution in [2.45, 2.75) is 45.9 Å². The molecule has 2 aromatic heterocycles. The Morgan fingerprint density at radius 3 is 2.78 bits per heavy atom. The van der Waals surface area contributed by atoms with Gasteiger partial charge in [-0.1, -0.05) is 5.21 Å². The van der Waals surface area contributed by atoms with Crippen LogP contribution >= 0.6 is 0 Å². The second kappa shape index (κ2) is 5.30. The molecule has 2 aromatic rings. The van der Waals surface area contributed by atoms with Gasteiger partial charge in [0.25, 0.3) is 0 Å². The van der Waals surface area contributed by atoms with Crippen LogP contribution in [0.5, 0.6) is 0 Å². The van der Waals surface area contributed by atoms with E-state index < -0.39 is 0 Å². The van der Waals surface area contributed by atoms with Crippen LogP contribution in [0.15, 0.2) is 24.9 Å². The van der Waals surface area contributed by atoms with Crippen LogP contribution in [0, 0.1) is 0 Å². The summed E-state index contributed by atoms with van der Waals surface area (Å²) < 4.78 is 3.96. The van der Waals surface area contributed by atoms with Crippen molar-refractivity contribution in [1.29, 1.82) is 0 Å². The van der Waals surface area contributed by atoms with E-state index in [0.29, 0.717) is 0 Å². The number of nitrogens with zero attached hydrogens (tertiary/aromatic N) is 5. The van der Waals surface area contributed by atoms with Gasteiger partial charge in [0.1, 0.15) is 0 Å². The number of aromatic nitrogens is 5. The van der Waals surface area contributed by atoms with Crippen LogP contribution in [0.1, 0.15) is 26.5 Å². The van der Waals surface area contributed by atoms with Crippen molar-refractivity contribution in [3.8, 4) is 0 Å². The van der Waals surface area contributed by atoms with E-state index in [0.717, 1.165) is 19.6 Å². The summed E-state index contributed by atoms with van der Waals surface area (Å²) in [5.41, 5.74) is 1.30. The molecule has 0 saturated carbocycles. The molecule has 98 valence electrons. The van der Waals surface area contributed by atoms with E-state index in [4.69, 9.17) is 0 Å². The van der Waals surface area contributed by atoms with Crippen LogP contribution in [-0.2, 0) is 19.6 Å². The number of nitrogens with one attached hydrogen (secondary N) is 1. The molecule has 0 bridgehead atoms. The van der Waals surface area contributed by atoms with Crippen molar-refractivity contribution in [3.05, 3.63) is 30.6 Å². The Morgan fingerprint density at radius 2 is 2.11 bits per heavy atom. The first-order chi connectivity index (χ1) is 8.54. The van der Waals surface area contributed by atoms with Crippen LogP contribution in [0.3, 0.4) is 0 Å². The van der Waals surface area contributed by atoms with Crippen molar-refractivity contribution < 1.29 is 0 Å². The second-order valence-corrected chi connectivity index (χ2v) is 5.35. The van der Waals surface area contributed by atoms with Crippen molar-refractivity contribution in [2.24, 2.45) is 0 Å². The van der Waals surface area contributed by atoms with Gasteiger partial charge in [-0.05, 0) is 20.8 Å². The lowest BCUT2D eigenvalue weighted by Crippen LogP contribution is -2.35. The molecule has 0 unspecified atom stereocenters. The van der Waals surface area contributed by atoms with Gasteiger partial charge in [-0.2, -0.15) is 0 Å². The summed E-state index contributed by atoms with van der Waals surface area (Å²) in [6, 6.07) is 0. The quantitative estimate of drug-likeness (QED) is 0.859. The summed E-state index contributed by atoms with van der Waals surface area (Å²) in [6.45, 7) is 8.94. The van der Waals surface area contributed by atoms with Crippen molar-refractivity contribution in [3.63, 3.8) is 0 Å². The summed E-state index contributed by atoms with van der Waals surface area (Å²) >= 11 is 0. The number of imidazole rings is 1. The molecule has 0 fully saturated rings. The van der Waals surface area contributed by atoms with E-state index in [2.05, 4.69) is 46.0 Å². The maximum atomic E-state index is 4.20. The molecule has 2 rings (SSSR count). The van der Waals surface area contributed by atoms with Crippen LogP contribution in [0.2, 0.25) is 0 Å². The number of rotatable bonds is 5. The molecule has 0 atom stereocenters. The standard InChI is InChI=1S/C12H20N6/c1-12(2,3)14-9-11-8-13-10-17(11)6-7-18-5-4-15-16-18/h4-5,8,10,14H,6-7,9H2,1-3H3. The van der Waals surface area contributed by atoms with E-state index in [1.807, 2.05) is 23.4 Å². The molecule has 2 heterocycles. The smallest absolute Gasteiger partial charge is 0.0949 e. The van der Waals surface area contributed by atoms with Gasteiger partial charge in [0, 0.05) is 31.0 Å². The third kappa shape index (κ3) is 3.66. The Kier molecular flexibility index (Phi) is 3.76. The molecule has 6 nitrogen and oxygen atoms in total. The first-order valence-electron chi connectivity index (χ1n) is 6.13. The van der Waals surface area contributed by atoms with Crippen LogP contribution in [0.4, 0.5) is 0 Å². The molecule has 0 radical (unpaired) electrons. The van der Waals surface area contributed by atoms with Gasteiger partial charge < -0.3 is 9.88 Å². The Balaban J connectivity index is 1.91. The topological polar surface area (TPSA) is 60.6 Å². The zero-order chi connectivity index (χ0) is 13.0. The highest BCUT2D eigenvalue weighted by Gasteiger charge is 2.10. The molecular weight excluding hydrogens is 228 g/mol. The van der Waals surface area contributed by atoms with Gasteiger partial charge in [-0.25, -0.2) is 4.98 Å². The zero-order valence-corrected chi connectivity index (χ0v) is 11.2. The number of hydrogen-bond acceptors (Lipinski definition) is 4. The van der Waals surface area contributed by atoms with Gasteiger partial charge in [0.05, 0.1) is 24.8 Å². The minimum absolute atomic E-state index is 0.112. The maximum Gasteiger partial charge on any atom is 0.0949 e. The predicted octanol–water partition coefficient (Wildman–Crippen LogP) is 1.06. The highest BCUT2D eigenvalue weighted by Crippen LogP contribution is 2.04. The lowest BCUT2D eigenvalue weighted by atomic mass is 10.1. The lowest BCUT2D eigenvalue weighted by molar-refractivity contribution is 0.411. The van der Waals surface area contributed by atoms with Crippen molar-refractivity contribution in [2.75, 3.05) is 0 Å². The average Bonchev–Trinajstić information content (AvgIpc) is 2.94. The molecule has 0 amide bonds. The first kappa shape index (κ1) is 12.8. The summed E-state index contributed by atoms with van der Waals surface area (Å²) in [5, 5.41) is 11.2. The summed E-state index contributed by atoms with van der Waals surface area (Å²) in [7, 11) is 0. The third-order valence-electron chi connectivity index (χ3n) is 2.64. The van der Waals surface area contributed by atoms with E-state index in [1.54, 1.807) is 6.20 Å². The summed E-state index contributed by atoms with van der Waals surface area (Å²) in [5.74, 6) is 0. The molecule has 1 N–H and O–H groups in total. The lowest BCUT2D eigenvalue weighted by Gasteiger charge is -2.20. The minimum atomic E-state index is 0.112. The maximum absolute atomic E-state index is 4.20. The van der Waals surface area contributed by atoms with Crippen LogP contribution in [0.25, 0.3) is 0 Å². The molecule has 0 spiro atoms. The molecule has 0 aromatic carbocycles. The first-order valence-corrected chi connectivity index (χ1v) is 6.13. The number of aryl methyl sites for hydroxylation is 2. The fraction of sp³-hybridized carbons (Fsp3) is 0.583. The normalized spacial score (nSPS) is 11.9. The van der Waals surface area contributed by atoms with E-state index in [-0.39, 0.29) is 5.54 Å². The Hall–Kier alpha value is -1.69. The van der Waals surface area contributed by atoms with Gasteiger partial charge >= 0.3 is 0 Å². The Bertz CT molecular complexity index is 465. The Labute approximate surface area is 107 Å². The van der Waals surface area contributed by atoms with Crippen molar-refractivity contribution in [1.82, 2.24) is 29.9 Å². The molecule has 6 heteroatoms. The highest BCUT2D eigenvalue weighted by molar-refractivity contribution is 4.98. The fourth-order valence-corrected chi connectivity index (χ4v) is 1.61. The number of hydrogen-bond donors (Lipinski definition) is 1. The zero-order valence-electron chi connectivity index (χ0n) is 11.2. The largest absolute Gasteiger partial charge is 0.332 e. The van der Waals surface area contributed by atoms with E-state index in [9.17, 15) is 0 Å². The van der Waals surface area contributed by atoms with E-state index >= 15 is 0 Å². The van der Waals surface area contributed by atoms with Gasteiger partial charge in [-0.3, -0.25) is 4.68 Å². The molecule has 0 aliphatic heterocycles. The predicted molar refractivity (Wildman–Crippen MR) is 68.8 cm³/mol. The average molecular weight is 248 g/mol. The third-order valence-corrected chi connectivity index (χ3v) is 2.64. The highest BCUT2D eigenvalue weighted by atomic mass is 15.4. The van der Waals surface area contributed by atoms with E-state index in [1.165, 1.54) is 5.69 Å². The van der Waals surface area contributed by atoms with Crippen LogP contribution in [-0.4, -0.2) is 30.1 Å². The molecule has 0 aliphatic carbocycles. The van der Waals surface area contributed by atoms with Gasteiger partial charge in [0.2, 0.25) is 0 Å². The SMILES string of the molecule is CC(C)(C)NCc1cncn1CCn1ccnn1. The monoisotopic (exact) mass is 248 g/mol. The van der Waals surface area contributed by atoms with Gasteiger partial charge in [-0.15, -0.1) is 5.10 Å². The molecule has 0 aliphatic rings. The minimum Gasteiger partial charge on any atom is -0.332 e. The molecular formula is C12H20N6. The van der Waals surface area contributed by atoms with Crippen LogP contribution < -0.4 is 5.32 Å². The van der Waals surface area contributed by atoms with Gasteiger partial charge in [0.15, 0.2) is 0 Å². The molecule has 0 saturated heterocycles. The fourth-order valence-electron chi connectivity index (χ4n) is 1.61. The second-order valence-electron chi connectivity index (χ2n) is 5.35. The summed E-state index contributed by atoms with van der Waals surface area (Å²) in [6.07, 6.45) is 7.32.